The van der Waals surface area contributed by atoms with Gasteiger partial charge >= 0.3 is 5.97 Å². The van der Waals surface area contributed by atoms with Gasteiger partial charge in [-0.3, -0.25) is 4.79 Å². The maximum atomic E-state index is 11.4. The fourth-order valence-corrected chi connectivity index (χ4v) is 2.02. The third kappa shape index (κ3) is 3.66. The molecule has 0 aliphatic heterocycles. The normalized spacial score (nSPS) is 32.2. The van der Waals surface area contributed by atoms with Gasteiger partial charge in [-0.25, -0.2) is 0 Å². The van der Waals surface area contributed by atoms with Crippen LogP contribution in [-0.2, 0) is 9.53 Å². The molecule has 0 amide bonds. The van der Waals surface area contributed by atoms with E-state index < -0.39 is 0 Å². The van der Waals surface area contributed by atoms with E-state index in [1.165, 1.54) is 0 Å². The average Bonchev–Trinajstić information content (AvgIpc) is 1.76. The molecule has 2 N–H and O–H groups in total. The molecule has 0 heterocycles. The van der Waals surface area contributed by atoms with E-state index in [0.717, 1.165) is 12.8 Å². The van der Waals surface area contributed by atoms with Gasteiger partial charge in [0.1, 0.15) is 5.60 Å². The monoisotopic (exact) mass is 199 g/mol. The van der Waals surface area contributed by atoms with Crippen LogP contribution in [0, 0.1) is 5.92 Å². The van der Waals surface area contributed by atoms with E-state index in [9.17, 15) is 4.79 Å². The maximum absolute atomic E-state index is 11.4. The molecule has 0 atom stereocenters. The lowest BCUT2D eigenvalue weighted by molar-refractivity contribution is -0.157. The average molecular weight is 199 g/mol. The molecule has 0 aromatic heterocycles. The summed E-state index contributed by atoms with van der Waals surface area (Å²) in [6.45, 7) is 7.69. The van der Waals surface area contributed by atoms with Crippen LogP contribution in [0.1, 0.15) is 47.0 Å². The lowest BCUT2D eigenvalue weighted by Gasteiger charge is -2.42. The number of ether oxygens (including phenoxy) is 1. The highest BCUT2D eigenvalue weighted by atomic mass is 16.6. The van der Waals surface area contributed by atoms with Crippen molar-refractivity contribution in [3.63, 3.8) is 0 Å². The number of esters is 1. The largest absolute Gasteiger partial charge is 0.460 e. The Morgan fingerprint density at radius 2 is 2.00 bits per heavy atom. The molecule has 3 heteroatoms. The Hall–Kier alpha value is -0.570. The van der Waals surface area contributed by atoms with Crippen molar-refractivity contribution >= 4 is 5.97 Å². The van der Waals surface area contributed by atoms with Crippen LogP contribution in [0.4, 0.5) is 0 Å². The number of carbonyl (C=O) groups is 1. The number of nitrogens with two attached hydrogens (primary N) is 1. The summed E-state index contributed by atoms with van der Waals surface area (Å²) >= 11 is 0. The quantitative estimate of drug-likeness (QED) is 0.690. The predicted molar refractivity (Wildman–Crippen MR) is 55.8 cm³/mol. The number of rotatable bonds is 2. The fourth-order valence-electron chi connectivity index (χ4n) is 2.02. The van der Waals surface area contributed by atoms with Crippen LogP contribution in [0.3, 0.4) is 0 Å². The van der Waals surface area contributed by atoms with Crippen molar-refractivity contribution in [2.24, 2.45) is 11.7 Å². The second-order valence-electron chi connectivity index (χ2n) is 5.72. The molecule has 0 radical (unpaired) electrons. The van der Waals surface area contributed by atoms with E-state index in [1.54, 1.807) is 0 Å². The first-order valence-corrected chi connectivity index (χ1v) is 5.19. The topological polar surface area (TPSA) is 52.3 Å². The van der Waals surface area contributed by atoms with E-state index in [2.05, 4.69) is 0 Å². The van der Waals surface area contributed by atoms with Gasteiger partial charge < -0.3 is 10.5 Å². The Morgan fingerprint density at radius 1 is 1.50 bits per heavy atom. The van der Waals surface area contributed by atoms with Gasteiger partial charge in [-0.05, 0) is 46.5 Å². The van der Waals surface area contributed by atoms with Crippen molar-refractivity contribution in [2.45, 2.75) is 58.1 Å². The van der Waals surface area contributed by atoms with Crippen molar-refractivity contribution in [3.8, 4) is 0 Å². The molecule has 14 heavy (non-hydrogen) atoms. The molecule has 1 aliphatic carbocycles. The first-order chi connectivity index (χ1) is 6.18. The molecule has 1 saturated carbocycles. The lowest BCUT2D eigenvalue weighted by atomic mass is 9.69. The molecule has 82 valence electrons. The van der Waals surface area contributed by atoms with Crippen LogP contribution in [0.5, 0.6) is 0 Å². The third-order valence-corrected chi connectivity index (χ3v) is 2.39. The minimum atomic E-state index is -0.368. The van der Waals surface area contributed by atoms with Crippen LogP contribution in [0.15, 0.2) is 0 Å². The van der Waals surface area contributed by atoms with Crippen LogP contribution in [0.2, 0.25) is 0 Å². The Labute approximate surface area is 86.0 Å². The van der Waals surface area contributed by atoms with Crippen LogP contribution < -0.4 is 5.73 Å². The Morgan fingerprint density at radius 3 is 2.36 bits per heavy atom. The minimum Gasteiger partial charge on any atom is -0.460 e. The summed E-state index contributed by atoms with van der Waals surface area (Å²) in [5.41, 5.74) is 5.45. The van der Waals surface area contributed by atoms with E-state index >= 15 is 0 Å². The minimum absolute atomic E-state index is 0.0489. The molecule has 0 aromatic rings. The highest BCUT2D eigenvalue weighted by Crippen LogP contribution is 2.37. The van der Waals surface area contributed by atoms with E-state index in [-0.39, 0.29) is 17.1 Å². The first-order valence-electron chi connectivity index (χ1n) is 5.19. The number of hydrogen-bond acceptors (Lipinski definition) is 3. The Balaban J connectivity index is 2.24. The van der Waals surface area contributed by atoms with Gasteiger partial charge in [0, 0.05) is 12.0 Å². The number of carbonyl (C=O) groups excluding carboxylic acids is 1. The van der Waals surface area contributed by atoms with Gasteiger partial charge in [-0.2, -0.15) is 0 Å². The first kappa shape index (κ1) is 11.5. The zero-order chi connectivity index (χ0) is 11.0. The van der Waals surface area contributed by atoms with E-state index in [4.69, 9.17) is 10.5 Å². The summed E-state index contributed by atoms with van der Waals surface area (Å²) in [5, 5.41) is 0. The Kier molecular flexibility index (Phi) is 2.91. The smallest absolute Gasteiger partial charge is 0.306 e. The standard InChI is InChI=1S/C11H21NO2/c1-10(2,3)14-9(13)5-8-6-11(4,12)7-8/h8H,5-7,12H2,1-4H3. The van der Waals surface area contributed by atoms with Crippen LogP contribution in [-0.4, -0.2) is 17.1 Å². The molecular weight excluding hydrogens is 178 g/mol. The van der Waals surface area contributed by atoms with Gasteiger partial charge in [0.05, 0.1) is 0 Å². The highest BCUT2D eigenvalue weighted by molar-refractivity contribution is 5.70. The second kappa shape index (κ2) is 3.54. The maximum Gasteiger partial charge on any atom is 0.306 e. The second-order valence-corrected chi connectivity index (χ2v) is 5.72. The van der Waals surface area contributed by atoms with Crippen molar-refractivity contribution in [3.05, 3.63) is 0 Å². The van der Waals surface area contributed by atoms with Crippen molar-refractivity contribution in [2.75, 3.05) is 0 Å². The molecule has 0 saturated heterocycles. The SMILES string of the molecule is CC1(N)CC(CC(=O)OC(C)(C)C)C1. The molecule has 1 aliphatic rings. The van der Waals surface area contributed by atoms with Crippen LogP contribution >= 0.6 is 0 Å². The summed E-state index contributed by atoms with van der Waals surface area (Å²) in [5.74, 6) is 0.331. The predicted octanol–water partition coefficient (Wildman–Crippen LogP) is 1.85. The van der Waals surface area contributed by atoms with Gasteiger partial charge in [0.25, 0.3) is 0 Å². The van der Waals surface area contributed by atoms with E-state index in [0.29, 0.717) is 12.3 Å². The molecule has 0 aromatic carbocycles. The molecular formula is C11H21NO2. The molecule has 1 fully saturated rings. The summed E-state index contributed by atoms with van der Waals surface area (Å²) in [6, 6.07) is 0. The summed E-state index contributed by atoms with van der Waals surface area (Å²) in [6.07, 6.45) is 2.39. The lowest BCUT2D eigenvalue weighted by Crippen LogP contribution is -2.49. The van der Waals surface area contributed by atoms with Crippen molar-refractivity contribution in [1.29, 1.82) is 0 Å². The van der Waals surface area contributed by atoms with Crippen molar-refractivity contribution < 1.29 is 9.53 Å². The van der Waals surface area contributed by atoms with Crippen LogP contribution in [0.25, 0.3) is 0 Å². The van der Waals surface area contributed by atoms with Gasteiger partial charge in [0.15, 0.2) is 0 Å². The summed E-state index contributed by atoms with van der Waals surface area (Å²) < 4.78 is 5.23. The summed E-state index contributed by atoms with van der Waals surface area (Å²) in [4.78, 5) is 11.4. The molecule has 0 unspecified atom stereocenters. The van der Waals surface area contributed by atoms with Gasteiger partial charge in [-0.15, -0.1) is 0 Å². The number of hydrogen-bond donors (Lipinski definition) is 1. The third-order valence-electron chi connectivity index (χ3n) is 2.39. The summed E-state index contributed by atoms with van der Waals surface area (Å²) in [7, 11) is 0. The molecule has 0 spiro atoms. The molecule has 3 nitrogen and oxygen atoms in total. The molecule has 0 bridgehead atoms. The fraction of sp³-hybridized carbons (Fsp3) is 0.909. The highest BCUT2D eigenvalue weighted by Gasteiger charge is 2.38. The zero-order valence-corrected chi connectivity index (χ0v) is 9.59. The Bertz CT molecular complexity index is 220. The van der Waals surface area contributed by atoms with Gasteiger partial charge in [-0.1, -0.05) is 0 Å². The van der Waals surface area contributed by atoms with E-state index in [1.807, 2.05) is 27.7 Å². The van der Waals surface area contributed by atoms with Gasteiger partial charge in [0.2, 0.25) is 0 Å². The molecule has 1 rings (SSSR count). The zero-order valence-electron chi connectivity index (χ0n) is 9.59. The van der Waals surface area contributed by atoms with Crippen molar-refractivity contribution in [1.82, 2.24) is 0 Å².